The zero-order valence-electron chi connectivity index (χ0n) is 16.5. The second-order valence-electron chi connectivity index (χ2n) is 6.19. The number of aliphatic hydroxyl groups is 1. The molecule has 2 rings (SSSR count). The maximum Gasteiger partial charge on any atom is 0.191 e. The van der Waals surface area contributed by atoms with Gasteiger partial charge in [-0.25, -0.2) is 0 Å². The number of aliphatic imine (C=N–C) groups is 1. The summed E-state index contributed by atoms with van der Waals surface area (Å²) in [5, 5.41) is 17.7. The van der Waals surface area contributed by atoms with E-state index in [0.29, 0.717) is 29.6 Å². The number of guanidine groups is 1. The third-order valence-electron chi connectivity index (χ3n) is 4.12. The predicted molar refractivity (Wildman–Crippen MR) is 114 cm³/mol. The molecule has 6 nitrogen and oxygen atoms in total. The number of aliphatic hydroxyl groups excluding tert-OH is 1. The Hall–Kier alpha value is -2.44. The number of hydrogen-bond acceptors (Lipinski definition) is 4. The molecule has 2 aromatic carbocycles. The minimum Gasteiger partial charge on any atom is -0.497 e. The molecule has 3 N–H and O–H groups in total. The summed E-state index contributed by atoms with van der Waals surface area (Å²) >= 11 is 6.02. The molecule has 0 aromatic heterocycles. The number of nitrogens with zero attached hydrogens (tertiary/aromatic N) is 1. The van der Waals surface area contributed by atoms with Crippen LogP contribution in [0.4, 0.5) is 0 Å². The first-order valence-corrected chi connectivity index (χ1v) is 9.61. The molecule has 0 radical (unpaired) electrons. The summed E-state index contributed by atoms with van der Waals surface area (Å²) in [6.07, 6.45) is 0.0491. The van der Waals surface area contributed by atoms with E-state index in [-0.39, 0.29) is 6.54 Å². The summed E-state index contributed by atoms with van der Waals surface area (Å²) in [6, 6.07) is 13.1. The summed E-state index contributed by atoms with van der Waals surface area (Å²) in [6.45, 7) is 3.64. The summed E-state index contributed by atoms with van der Waals surface area (Å²) in [7, 11) is 3.16. The van der Waals surface area contributed by atoms with Gasteiger partial charge in [0, 0.05) is 24.2 Å². The van der Waals surface area contributed by atoms with Crippen molar-refractivity contribution >= 4 is 17.6 Å². The molecule has 1 unspecified atom stereocenters. The number of methoxy groups -OCH3 is 2. The lowest BCUT2D eigenvalue weighted by molar-refractivity contribution is 0.186. The van der Waals surface area contributed by atoms with Crippen molar-refractivity contribution in [2.75, 3.05) is 33.9 Å². The molecule has 0 aliphatic heterocycles. The summed E-state index contributed by atoms with van der Waals surface area (Å²) in [5.74, 6) is 1.91. The molecule has 0 saturated carbocycles. The molecular formula is C21H28ClN3O3. The molecule has 0 fully saturated rings. The number of benzene rings is 2. The van der Waals surface area contributed by atoms with Crippen molar-refractivity contribution in [1.29, 1.82) is 0 Å². The van der Waals surface area contributed by atoms with Crippen LogP contribution in [0.15, 0.2) is 47.5 Å². The zero-order valence-corrected chi connectivity index (χ0v) is 17.3. The van der Waals surface area contributed by atoms with Crippen molar-refractivity contribution in [2.24, 2.45) is 4.99 Å². The smallest absolute Gasteiger partial charge is 0.191 e. The van der Waals surface area contributed by atoms with Crippen LogP contribution >= 0.6 is 11.6 Å². The van der Waals surface area contributed by atoms with Crippen LogP contribution in [0.5, 0.6) is 11.5 Å². The molecule has 2 aromatic rings. The lowest BCUT2D eigenvalue weighted by atomic mass is 10.1. The Labute approximate surface area is 171 Å². The number of nitrogens with one attached hydrogen (secondary N) is 2. The van der Waals surface area contributed by atoms with Gasteiger partial charge in [0.1, 0.15) is 11.5 Å². The van der Waals surface area contributed by atoms with Crippen LogP contribution in [0.1, 0.15) is 24.2 Å². The van der Waals surface area contributed by atoms with E-state index in [1.54, 1.807) is 32.4 Å². The molecule has 7 heteroatoms. The molecule has 152 valence electrons. The Bertz CT molecular complexity index is 761. The first-order chi connectivity index (χ1) is 13.5. The molecule has 0 spiro atoms. The zero-order chi connectivity index (χ0) is 20.4. The van der Waals surface area contributed by atoms with Crippen molar-refractivity contribution < 1.29 is 14.6 Å². The van der Waals surface area contributed by atoms with Gasteiger partial charge in [-0.1, -0.05) is 23.7 Å². The fraction of sp³-hybridized carbons (Fsp3) is 0.381. The van der Waals surface area contributed by atoms with Crippen molar-refractivity contribution in [3.63, 3.8) is 0 Å². The normalized spacial score (nSPS) is 12.4. The molecular weight excluding hydrogens is 378 g/mol. The van der Waals surface area contributed by atoms with E-state index in [9.17, 15) is 5.11 Å². The lowest BCUT2D eigenvalue weighted by Crippen LogP contribution is -2.38. The molecule has 0 heterocycles. The van der Waals surface area contributed by atoms with Crippen LogP contribution in [0.25, 0.3) is 0 Å². The van der Waals surface area contributed by atoms with Crippen LogP contribution in [-0.2, 0) is 6.42 Å². The summed E-state index contributed by atoms with van der Waals surface area (Å²) in [5.41, 5.74) is 1.84. The first-order valence-electron chi connectivity index (χ1n) is 9.23. The van der Waals surface area contributed by atoms with E-state index in [1.807, 2.05) is 31.2 Å². The van der Waals surface area contributed by atoms with E-state index in [2.05, 4.69) is 15.6 Å². The summed E-state index contributed by atoms with van der Waals surface area (Å²) in [4.78, 5) is 4.49. The number of ether oxygens (including phenoxy) is 2. The molecule has 28 heavy (non-hydrogen) atoms. The van der Waals surface area contributed by atoms with Crippen LogP contribution in [-0.4, -0.2) is 44.9 Å². The largest absolute Gasteiger partial charge is 0.497 e. The Morgan fingerprint density at radius 1 is 1.11 bits per heavy atom. The number of hydrogen-bond donors (Lipinski definition) is 3. The van der Waals surface area contributed by atoms with Gasteiger partial charge in [0.25, 0.3) is 0 Å². The second-order valence-corrected chi connectivity index (χ2v) is 6.62. The Morgan fingerprint density at radius 2 is 1.82 bits per heavy atom. The first kappa shape index (κ1) is 21.9. The standard InChI is InChI=1S/C21H28ClN3O3/c1-4-23-21(24-9-8-15-6-5-7-17(22)10-15)25-14-20(26)16-11-18(27-2)13-19(12-16)28-3/h5-7,10-13,20,26H,4,8-9,14H2,1-3H3,(H2,23,24,25). The lowest BCUT2D eigenvalue weighted by Gasteiger charge is -2.15. The molecule has 0 amide bonds. The van der Waals surface area contributed by atoms with Gasteiger partial charge in [-0.15, -0.1) is 0 Å². The van der Waals surface area contributed by atoms with Crippen molar-refractivity contribution in [3.05, 3.63) is 58.6 Å². The maximum absolute atomic E-state index is 10.5. The highest BCUT2D eigenvalue weighted by Crippen LogP contribution is 2.26. The van der Waals surface area contributed by atoms with Crippen LogP contribution < -0.4 is 20.1 Å². The topological polar surface area (TPSA) is 75.1 Å². The number of rotatable bonds is 9. The van der Waals surface area contributed by atoms with Gasteiger partial charge in [0.05, 0.1) is 26.9 Å². The fourth-order valence-corrected chi connectivity index (χ4v) is 2.88. The Morgan fingerprint density at radius 3 is 2.43 bits per heavy atom. The van der Waals surface area contributed by atoms with Gasteiger partial charge in [0.15, 0.2) is 5.96 Å². The van der Waals surface area contributed by atoms with Crippen molar-refractivity contribution in [2.45, 2.75) is 19.4 Å². The molecule has 1 atom stereocenters. The van der Waals surface area contributed by atoms with Gasteiger partial charge in [-0.3, -0.25) is 4.99 Å². The second kappa shape index (κ2) is 11.4. The quantitative estimate of drug-likeness (QED) is 0.441. The van der Waals surface area contributed by atoms with E-state index in [1.165, 1.54) is 0 Å². The summed E-state index contributed by atoms with van der Waals surface area (Å²) < 4.78 is 10.5. The molecule has 0 bridgehead atoms. The van der Waals surface area contributed by atoms with Gasteiger partial charge < -0.3 is 25.2 Å². The SMILES string of the molecule is CCNC(=NCC(O)c1cc(OC)cc(OC)c1)NCCc1cccc(Cl)c1. The van der Waals surface area contributed by atoms with Crippen LogP contribution in [0, 0.1) is 0 Å². The highest BCUT2D eigenvalue weighted by atomic mass is 35.5. The van der Waals surface area contributed by atoms with Gasteiger partial charge in [-0.2, -0.15) is 0 Å². The van der Waals surface area contributed by atoms with Crippen molar-refractivity contribution in [1.82, 2.24) is 10.6 Å². The average molecular weight is 406 g/mol. The van der Waals surface area contributed by atoms with Crippen molar-refractivity contribution in [3.8, 4) is 11.5 Å². The fourth-order valence-electron chi connectivity index (χ4n) is 2.66. The highest BCUT2D eigenvalue weighted by molar-refractivity contribution is 6.30. The van der Waals surface area contributed by atoms with Crippen LogP contribution in [0.2, 0.25) is 5.02 Å². The third kappa shape index (κ3) is 6.94. The van der Waals surface area contributed by atoms with E-state index < -0.39 is 6.10 Å². The van der Waals surface area contributed by atoms with Gasteiger partial charge in [0.2, 0.25) is 0 Å². The molecule has 0 aliphatic rings. The molecule has 0 saturated heterocycles. The molecule has 0 aliphatic carbocycles. The predicted octanol–water partition coefficient (Wildman–Crippen LogP) is 3.19. The van der Waals surface area contributed by atoms with Gasteiger partial charge >= 0.3 is 0 Å². The van der Waals surface area contributed by atoms with E-state index in [4.69, 9.17) is 21.1 Å². The Balaban J connectivity index is 1.97. The highest BCUT2D eigenvalue weighted by Gasteiger charge is 2.11. The van der Waals surface area contributed by atoms with E-state index in [0.717, 1.165) is 23.6 Å². The maximum atomic E-state index is 10.5. The monoisotopic (exact) mass is 405 g/mol. The van der Waals surface area contributed by atoms with Gasteiger partial charge in [-0.05, 0) is 48.7 Å². The third-order valence-corrected chi connectivity index (χ3v) is 4.36. The number of halogens is 1. The minimum atomic E-state index is -0.771. The minimum absolute atomic E-state index is 0.211. The van der Waals surface area contributed by atoms with E-state index >= 15 is 0 Å². The van der Waals surface area contributed by atoms with Crippen LogP contribution in [0.3, 0.4) is 0 Å². The Kier molecular flexibility index (Phi) is 8.91. The average Bonchev–Trinajstić information content (AvgIpc) is 2.71.